The number of fused-ring (bicyclic) bond motifs is 1. The lowest BCUT2D eigenvalue weighted by atomic mass is 9.97. The maximum atomic E-state index is 13.2. The Morgan fingerprint density at radius 2 is 1.69 bits per heavy atom. The van der Waals surface area contributed by atoms with Crippen molar-refractivity contribution < 1.29 is 45.0 Å². The van der Waals surface area contributed by atoms with Crippen LogP contribution in [0.4, 0.5) is 0 Å². The van der Waals surface area contributed by atoms with Crippen LogP contribution in [0.5, 0.6) is 0 Å². The molecule has 13 heteroatoms. The van der Waals surface area contributed by atoms with Crippen LogP contribution in [0.2, 0.25) is 0 Å². The minimum atomic E-state index is -2.21. The molecule has 0 spiro atoms. The van der Waals surface area contributed by atoms with E-state index >= 15 is 0 Å². The van der Waals surface area contributed by atoms with E-state index in [0.717, 1.165) is 5.56 Å². The largest absolute Gasteiger partial charge is 0.473 e. The maximum Gasteiger partial charge on any atom is 0.414 e. The molecular weight excluding hydrogens is 478 g/mol. The molecule has 2 heterocycles. The number of aryl methyl sites for hydroxylation is 1. The smallest absolute Gasteiger partial charge is 0.414 e. The van der Waals surface area contributed by atoms with Crippen molar-refractivity contribution in [1.82, 2.24) is 9.66 Å². The highest BCUT2D eigenvalue weighted by molar-refractivity contribution is 6.27. The summed E-state index contributed by atoms with van der Waals surface area (Å²) in [4.78, 5) is 35.9. The number of benzene rings is 2. The highest BCUT2D eigenvalue weighted by Gasteiger charge is 2.48. The number of aliphatic hydroxyl groups is 4. The van der Waals surface area contributed by atoms with Crippen molar-refractivity contribution in [3.8, 4) is 11.4 Å². The Labute approximate surface area is 203 Å². The lowest BCUT2D eigenvalue weighted by molar-refractivity contribution is -0.314. The van der Waals surface area contributed by atoms with Crippen molar-refractivity contribution >= 4 is 22.8 Å². The number of rotatable bonds is 4. The Morgan fingerprint density at radius 1 is 1.08 bits per heavy atom. The van der Waals surface area contributed by atoms with Gasteiger partial charge in [0, 0.05) is 5.56 Å². The van der Waals surface area contributed by atoms with Gasteiger partial charge >= 0.3 is 11.9 Å². The van der Waals surface area contributed by atoms with E-state index in [1.54, 1.807) is 24.3 Å². The topological polar surface area (TPSA) is 212 Å². The molecule has 1 aliphatic rings. The first-order valence-corrected chi connectivity index (χ1v) is 10.6. The van der Waals surface area contributed by atoms with Gasteiger partial charge in [0.2, 0.25) is 5.79 Å². The number of nitrogens with zero attached hydrogens (tertiary/aromatic N) is 2. The fourth-order valence-electron chi connectivity index (χ4n) is 3.41. The summed E-state index contributed by atoms with van der Waals surface area (Å²) in [6, 6.07) is 14.3. The number of para-hydroxylation sites is 1. The molecule has 0 radical (unpaired) electrons. The van der Waals surface area contributed by atoms with E-state index in [2.05, 4.69) is 10.4 Å². The second-order valence-electron chi connectivity index (χ2n) is 8.06. The molecule has 3 aromatic rings. The van der Waals surface area contributed by atoms with Crippen molar-refractivity contribution in [3.05, 3.63) is 64.4 Å². The number of hydrogen-bond acceptors (Lipinski definition) is 10. The predicted octanol–water partition coefficient (Wildman–Crippen LogP) is -1.13. The molecule has 7 N–H and O–H groups in total. The Hall–Kier alpha value is -3.88. The van der Waals surface area contributed by atoms with E-state index in [4.69, 9.17) is 24.5 Å². The maximum absolute atomic E-state index is 13.2. The highest BCUT2D eigenvalue weighted by atomic mass is 16.6. The lowest BCUT2D eigenvalue weighted by Gasteiger charge is -2.41. The SMILES string of the molecule is Cc1ccc(-c2nc3ccccc3c(=O)n2NCC2(O)OCC(O)C(O)C2O)cc1.O=C(O)C(=O)O. The van der Waals surface area contributed by atoms with Crippen LogP contribution in [-0.4, -0.2) is 89.5 Å². The van der Waals surface area contributed by atoms with Crippen LogP contribution in [-0.2, 0) is 14.3 Å². The van der Waals surface area contributed by atoms with Gasteiger partial charge in [-0.3, -0.25) is 4.79 Å². The van der Waals surface area contributed by atoms with Gasteiger partial charge in [-0.1, -0.05) is 42.0 Å². The number of carbonyl (C=O) groups is 2. The van der Waals surface area contributed by atoms with Gasteiger partial charge in [-0.2, -0.15) is 0 Å². The number of aliphatic hydroxyl groups excluding tert-OH is 3. The predicted molar refractivity (Wildman–Crippen MR) is 125 cm³/mol. The number of hydrogen-bond donors (Lipinski definition) is 7. The molecule has 1 aliphatic heterocycles. The fraction of sp³-hybridized carbons (Fsp3) is 0.304. The van der Waals surface area contributed by atoms with Crippen molar-refractivity contribution in [2.45, 2.75) is 31.0 Å². The molecule has 0 saturated carbocycles. The molecule has 1 fully saturated rings. The Kier molecular flexibility index (Phi) is 8.02. The second-order valence-corrected chi connectivity index (χ2v) is 8.06. The number of carboxylic acids is 2. The van der Waals surface area contributed by atoms with Gasteiger partial charge < -0.3 is 40.8 Å². The van der Waals surface area contributed by atoms with Gasteiger partial charge in [-0.05, 0) is 19.1 Å². The molecule has 192 valence electrons. The third kappa shape index (κ3) is 5.67. The summed E-state index contributed by atoms with van der Waals surface area (Å²) in [6.45, 7) is 1.14. The molecule has 1 aromatic heterocycles. The Bertz CT molecular complexity index is 1300. The van der Waals surface area contributed by atoms with Gasteiger partial charge in [0.1, 0.15) is 18.3 Å². The molecule has 36 heavy (non-hydrogen) atoms. The van der Waals surface area contributed by atoms with Gasteiger partial charge in [-0.15, -0.1) is 0 Å². The third-order valence-electron chi connectivity index (χ3n) is 5.44. The second kappa shape index (κ2) is 10.8. The van der Waals surface area contributed by atoms with Crippen molar-refractivity contribution in [2.24, 2.45) is 0 Å². The number of carboxylic acid groups (broad SMARTS) is 2. The summed E-state index contributed by atoms with van der Waals surface area (Å²) >= 11 is 0. The number of nitrogens with one attached hydrogen (secondary N) is 1. The molecule has 2 aromatic carbocycles. The normalized spacial score (nSPS) is 23.4. The van der Waals surface area contributed by atoms with Crippen molar-refractivity contribution in [2.75, 3.05) is 18.6 Å². The third-order valence-corrected chi connectivity index (χ3v) is 5.44. The monoisotopic (exact) mass is 503 g/mol. The van der Waals surface area contributed by atoms with Crippen molar-refractivity contribution in [1.29, 1.82) is 0 Å². The molecule has 0 bridgehead atoms. The average Bonchev–Trinajstić information content (AvgIpc) is 2.85. The van der Waals surface area contributed by atoms with Gasteiger partial charge in [0.25, 0.3) is 5.56 Å². The zero-order chi connectivity index (χ0) is 26.6. The van der Waals surface area contributed by atoms with E-state index in [1.807, 2.05) is 31.2 Å². The number of aliphatic carboxylic acids is 2. The first-order chi connectivity index (χ1) is 16.9. The van der Waals surface area contributed by atoms with Gasteiger partial charge in [0.05, 0.1) is 24.1 Å². The van der Waals surface area contributed by atoms with Crippen LogP contribution in [0.3, 0.4) is 0 Å². The molecule has 13 nitrogen and oxygen atoms in total. The first-order valence-electron chi connectivity index (χ1n) is 10.6. The zero-order valence-electron chi connectivity index (χ0n) is 19.0. The minimum absolute atomic E-state index is 0.313. The summed E-state index contributed by atoms with van der Waals surface area (Å²) in [7, 11) is 0. The summed E-state index contributed by atoms with van der Waals surface area (Å²) in [5.41, 5.74) is 4.61. The molecule has 4 rings (SSSR count). The standard InChI is InChI=1S/C21H23N3O6.C2H2O4/c1-12-6-8-13(9-7-12)19-23-15-5-3-2-4-14(15)20(28)24(19)22-11-21(29)18(27)17(26)16(25)10-30-21;3-1(4)2(5)6/h2-9,16-18,22,25-27,29H,10-11H2,1H3;(H,3,4)(H,5,6). The summed E-state index contributed by atoms with van der Waals surface area (Å²) in [5, 5.41) is 55.5. The Morgan fingerprint density at radius 3 is 2.31 bits per heavy atom. The van der Waals surface area contributed by atoms with Crippen LogP contribution in [0.15, 0.2) is 53.3 Å². The van der Waals surface area contributed by atoms with Crippen LogP contribution in [0.1, 0.15) is 5.56 Å². The Balaban J connectivity index is 0.000000538. The van der Waals surface area contributed by atoms with Gasteiger partial charge in [-0.25, -0.2) is 19.2 Å². The van der Waals surface area contributed by atoms with E-state index in [9.17, 15) is 25.2 Å². The van der Waals surface area contributed by atoms with Gasteiger partial charge in [0.15, 0.2) is 5.82 Å². The van der Waals surface area contributed by atoms with E-state index in [1.165, 1.54) is 4.68 Å². The van der Waals surface area contributed by atoms with E-state index in [-0.39, 0.29) is 6.61 Å². The van der Waals surface area contributed by atoms with Crippen LogP contribution in [0, 0.1) is 6.92 Å². The van der Waals surface area contributed by atoms with E-state index < -0.39 is 48.1 Å². The van der Waals surface area contributed by atoms with Crippen LogP contribution in [0.25, 0.3) is 22.3 Å². The fourth-order valence-corrected chi connectivity index (χ4v) is 3.41. The molecule has 4 atom stereocenters. The summed E-state index contributed by atoms with van der Waals surface area (Å²) in [5.74, 6) is -5.55. The average molecular weight is 503 g/mol. The zero-order valence-corrected chi connectivity index (χ0v) is 19.0. The van der Waals surface area contributed by atoms with E-state index in [0.29, 0.717) is 22.3 Å². The number of ether oxygens (including phenoxy) is 1. The molecular formula is C23H25N3O10. The van der Waals surface area contributed by atoms with Crippen LogP contribution < -0.4 is 11.0 Å². The molecule has 0 amide bonds. The summed E-state index contributed by atoms with van der Waals surface area (Å²) in [6.07, 6.45) is -4.69. The minimum Gasteiger partial charge on any atom is -0.473 e. The molecule has 0 aliphatic carbocycles. The van der Waals surface area contributed by atoms with Crippen molar-refractivity contribution in [3.63, 3.8) is 0 Å². The quantitative estimate of drug-likeness (QED) is 0.211. The number of aromatic nitrogens is 2. The summed E-state index contributed by atoms with van der Waals surface area (Å²) < 4.78 is 6.35. The first kappa shape index (κ1) is 26.7. The lowest BCUT2D eigenvalue weighted by Crippen LogP contribution is -2.64. The molecule has 4 unspecified atom stereocenters. The van der Waals surface area contributed by atoms with Crippen LogP contribution >= 0.6 is 0 Å². The highest BCUT2D eigenvalue weighted by Crippen LogP contribution is 2.24. The molecule has 1 saturated heterocycles.